The SMILES string of the molecule is CC(C)(C)C[C@]1(c2ccc(-c3cnn(C(F)F)c3)cc2)N=C(NC(=O)O)N([C@H](CO)c2ccc(Cl)c(-c3ncn[nH]3)c2)C1=O. The first-order chi connectivity index (χ1) is 20.8. The van der Waals surface area contributed by atoms with Crippen molar-refractivity contribution in [2.75, 3.05) is 6.61 Å². The maximum Gasteiger partial charge on any atom is 0.411 e. The second-order valence-electron chi connectivity index (χ2n) is 11.5. The van der Waals surface area contributed by atoms with Gasteiger partial charge in [-0.15, -0.1) is 0 Å². The third-order valence-corrected chi connectivity index (χ3v) is 7.46. The molecule has 0 saturated carbocycles. The molecule has 0 spiro atoms. The average molecular weight is 627 g/mol. The summed E-state index contributed by atoms with van der Waals surface area (Å²) in [4.78, 5) is 36.5. The van der Waals surface area contributed by atoms with Gasteiger partial charge in [0.15, 0.2) is 11.4 Å². The molecule has 1 aliphatic rings. The van der Waals surface area contributed by atoms with E-state index in [9.17, 15) is 28.6 Å². The zero-order valence-electron chi connectivity index (χ0n) is 23.9. The van der Waals surface area contributed by atoms with E-state index in [1.807, 2.05) is 20.8 Å². The Morgan fingerprint density at radius 2 is 1.89 bits per heavy atom. The van der Waals surface area contributed by atoms with Crippen molar-refractivity contribution in [3.63, 3.8) is 0 Å². The number of rotatable bonds is 8. The molecule has 1 aliphatic heterocycles. The minimum Gasteiger partial charge on any atom is -0.465 e. The lowest BCUT2D eigenvalue weighted by Crippen LogP contribution is -2.49. The molecule has 0 aliphatic carbocycles. The van der Waals surface area contributed by atoms with E-state index in [4.69, 9.17) is 16.6 Å². The summed E-state index contributed by atoms with van der Waals surface area (Å²) in [5.41, 5.74) is 0.312. The monoisotopic (exact) mass is 626 g/mol. The summed E-state index contributed by atoms with van der Waals surface area (Å²) in [7, 11) is 0. The number of alkyl halides is 2. The van der Waals surface area contributed by atoms with Crippen LogP contribution in [0.1, 0.15) is 50.9 Å². The number of amides is 2. The van der Waals surface area contributed by atoms with Crippen molar-refractivity contribution in [1.29, 1.82) is 0 Å². The fourth-order valence-electron chi connectivity index (χ4n) is 5.36. The molecule has 2 amide bonds. The van der Waals surface area contributed by atoms with Gasteiger partial charge in [0.1, 0.15) is 6.33 Å². The van der Waals surface area contributed by atoms with Gasteiger partial charge in [-0.05, 0) is 40.7 Å². The number of carbonyl (C=O) groups is 2. The Morgan fingerprint density at radius 1 is 1.16 bits per heavy atom. The summed E-state index contributed by atoms with van der Waals surface area (Å²) in [6.45, 7) is 2.39. The van der Waals surface area contributed by atoms with E-state index >= 15 is 0 Å². The van der Waals surface area contributed by atoms with Crippen molar-refractivity contribution < 1.29 is 28.6 Å². The molecule has 0 fully saturated rings. The highest BCUT2D eigenvalue weighted by Gasteiger charge is 2.53. The maximum atomic E-state index is 14.6. The number of hydrogen-bond acceptors (Lipinski definition) is 7. The number of H-pyrrole nitrogens is 1. The second-order valence-corrected chi connectivity index (χ2v) is 11.9. The van der Waals surface area contributed by atoms with Gasteiger partial charge in [-0.1, -0.05) is 62.7 Å². The molecule has 4 N–H and O–H groups in total. The van der Waals surface area contributed by atoms with Crippen LogP contribution in [0.15, 0.2) is 66.2 Å². The zero-order chi connectivity index (χ0) is 31.8. The van der Waals surface area contributed by atoms with Crippen LogP contribution in [0.4, 0.5) is 13.6 Å². The molecule has 3 heterocycles. The van der Waals surface area contributed by atoms with E-state index in [1.165, 1.54) is 18.7 Å². The van der Waals surface area contributed by atoms with E-state index < -0.39 is 42.2 Å². The number of carbonyl (C=O) groups excluding carboxylic acids is 1. The van der Waals surface area contributed by atoms with Gasteiger partial charge in [-0.25, -0.2) is 19.5 Å². The number of aliphatic imine (C=N–C) groups is 1. The lowest BCUT2D eigenvalue weighted by molar-refractivity contribution is -0.135. The lowest BCUT2D eigenvalue weighted by atomic mass is 9.75. The second kappa shape index (κ2) is 11.8. The molecule has 0 bridgehead atoms. The van der Waals surface area contributed by atoms with Crippen molar-refractivity contribution in [3.05, 3.63) is 77.3 Å². The van der Waals surface area contributed by atoms with Crippen molar-refractivity contribution >= 4 is 29.6 Å². The fourth-order valence-corrected chi connectivity index (χ4v) is 5.57. The van der Waals surface area contributed by atoms with E-state index in [1.54, 1.807) is 42.5 Å². The molecule has 5 rings (SSSR count). The number of aromatic amines is 1. The quantitative estimate of drug-likeness (QED) is 0.209. The lowest BCUT2D eigenvalue weighted by Gasteiger charge is -2.34. The van der Waals surface area contributed by atoms with Crippen LogP contribution in [0.2, 0.25) is 5.02 Å². The van der Waals surface area contributed by atoms with Crippen molar-refractivity contribution in [3.8, 4) is 22.5 Å². The standard InChI is InChI=1S/C29H29ClF2N8O4/c1-28(2,3)14-29(19-7-4-16(5-8-19)18-11-35-39(12-18)25(31)32)24(42)40(26(37-29)36-27(43)44)22(13-41)17-6-9-21(30)20(10-17)23-33-15-34-38-23/h4-12,15,22,25,41H,13-14H2,1-3H3,(H,36,37)(H,43,44)(H,33,34,38)/t22-,29-/m1/s1. The van der Waals surface area contributed by atoms with Crippen LogP contribution in [0, 0.1) is 5.41 Å². The van der Waals surface area contributed by atoms with Gasteiger partial charge in [-0.2, -0.15) is 19.0 Å². The summed E-state index contributed by atoms with van der Waals surface area (Å²) in [6, 6.07) is 10.4. The van der Waals surface area contributed by atoms with Crippen LogP contribution in [0.5, 0.6) is 0 Å². The molecule has 0 unspecified atom stereocenters. The number of hydrogen-bond donors (Lipinski definition) is 4. The van der Waals surface area contributed by atoms with Crippen LogP contribution in [-0.2, 0) is 10.3 Å². The molecule has 15 heteroatoms. The Morgan fingerprint density at radius 3 is 2.45 bits per heavy atom. The zero-order valence-corrected chi connectivity index (χ0v) is 24.6. The van der Waals surface area contributed by atoms with E-state index in [-0.39, 0.29) is 12.4 Å². The predicted octanol–water partition coefficient (Wildman–Crippen LogP) is 5.21. The van der Waals surface area contributed by atoms with Gasteiger partial charge in [0, 0.05) is 17.3 Å². The maximum absolute atomic E-state index is 14.6. The summed E-state index contributed by atoms with van der Waals surface area (Å²) in [5, 5.41) is 33.2. The minimum atomic E-state index is -2.79. The number of nitrogens with one attached hydrogen (secondary N) is 2. The largest absolute Gasteiger partial charge is 0.465 e. The first-order valence-electron chi connectivity index (χ1n) is 13.5. The molecule has 2 aromatic carbocycles. The Balaban J connectivity index is 1.60. The van der Waals surface area contributed by atoms with Crippen molar-refractivity contribution in [1.82, 2.24) is 35.2 Å². The summed E-state index contributed by atoms with van der Waals surface area (Å²) in [6.07, 6.45) is 2.56. The highest BCUT2D eigenvalue weighted by atomic mass is 35.5. The normalized spacial score (nSPS) is 17.7. The molecule has 12 nitrogen and oxygen atoms in total. The predicted molar refractivity (Wildman–Crippen MR) is 157 cm³/mol. The number of carboxylic acid groups (broad SMARTS) is 1. The van der Waals surface area contributed by atoms with Gasteiger partial charge in [0.25, 0.3) is 5.91 Å². The summed E-state index contributed by atoms with van der Waals surface area (Å²) >= 11 is 6.41. The van der Waals surface area contributed by atoms with Crippen LogP contribution in [-0.4, -0.2) is 64.6 Å². The first kappa shape index (κ1) is 30.8. The van der Waals surface area contributed by atoms with Crippen molar-refractivity contribution in [2.45, 2.75) is 45.3 Å². The summed E-state index contributed by atoms with van der Waals surface area (Å²) in [5.74, 6) is -0.464. The first-order valence-corrected chi connectivity index (χ1v) is 13.8. The van der Waals surface area contributed by atoms with Crippen molar-refractivity contribution in [2.24, 2.45) is 10.4 Å². The van der Waals surface area contributed by atoms with Gasteiger partial charge in [0.2, 0.25) is 5.96 Å². The van der Waals surface area contributed by atoms with Gasteiger partial charge >= 0.3 is 12.6 Å². The highest BCUT2D eigenvalue weighted by Crippen LogP contribution is 2.45. The molecule has 2 aromatic heterocycles. The molecule has 0 radical (unpaired) electrons. The van der Waals surface area contributed by atoms with Crippen LogP contribution in [0.25, 0.3) is 22.5 Å². The molecular weight excluding hydrogens is 598 g/mol. The molecular formula is C29H29ClF2N8O4. The number of guanidine groups is 1. The topological polar surface area (TPSA) is 162 Å². The van der Waals surface area contributed by atoms with E-state index in [0.717, 1.165) is 4.90 Å². The Hall–Kier alpha value is -4.69. The number of aromatic nitrogens is 5. The van der Waals surface area contributed by atoms with Crippen LogP contribution >= 0.6 is 11.6 Å². The Bertz CT molecular complexity index is 1700. The molecule has 0 saturated heterocycles. The fraction of sp³-hybridized carbons (Fsp3) is 0.310. The number of halogens is 3. The van der Waals surface area contributed by atoms with Gasteiger partial charge in [0.05, 0.1) is 23.9 Å². The number of aliphatic hydroxyl groups excluding tert-OH is 1. The third-order valence-electron chi connectivity index (χ3n) is 7.13. The number of aliphatic hydroxyl groups is 1. The van der Waals surface area contributed by atoms with E-state index in [0.29, 0.717) is 43.3 Å². The highest BCUT2D eigenvalue weighted by molar-refractivity contribution is 6.33. The molecule has 44 heavy (non-hydrogen) atoms. The summed E-state index contributed by atoms with van der Waals surface area (Å²) < 4.78 is 26.7. The van der Waals surface area contributed by atoms with Gasteiger partial charge < -0.3 is 10.2 Å². The van der Waals surface area contributed by atoms with Crippen LogP contribution < -0.4 is 5.32 Å². The average Bonchev–Trinajstić information content (AvgIpc) is 3.72. The van der Waals surface area contributed by atoms with E-state index in [2.05, 4.69) is 25.6 Å². The third kappa shape index (κ3) is 5.90. The Labute approximate surface area is 255 Å². The minimum absolute atomic E-state index is 0.172. The smallest absolute Gasteiger partial charge is 0.411 e. The van der Waals surface area contributed by atoms with Crippen LogP contribution in [0.3, 0.4) is 0 Å². The van der Waals surface area contributed by atoms with Gasteiger partial charge in [-0.3, -0.25) is 20.1 Å². The molecule has 2 atom stereocenters. The number of benzene rings is 2. The number of nitrogens with zero attached hydrogens (tertiary/aromatic N) is 6. The Kier molecular flexibility index (Phi) is 8.23. The molecule has 4 aromatic rings. The molecule has 230 valence electrons.